The van der Waals surface area contributed by atoms with Gasteiger partial charge in [0.15, 0.2) is 0 Å². The monoisotopic (exact) mass is 238 g/mol. The van der Waals surface area contributed by atoms with Crippen LogP contribution in [0.5, 0.6) is 0 Å². The molecule has 17 heavy (non-hydrogen) atoms. The Kier molecular flexibility index (Phi) is 4.43. The predicted octanol–water partition coefficient (Wildman–Crippen LogP) is 2.26. The Labute approximate surface area is 105 Å². The van der Waals surface area contributed by atoms with Crippen LogP contribution >= 0.6 is 0 Å². The van der Waals surface area contributed by atoms with E-state index in [1.54, 1.807) is 0 Å². The van der Waals surface area contributed by atoms with Crippen LogP contribution in [0.4, 0.5) is 0 Å². The summed E-state index contributed by atoms with van der Waals surface area (Å²) in [6.45, 7) is 7.27. The molecule has 0 spiro atoms. The normalized spacial score (nSPS) is 31.5. The smallest absolute Gasteiger partial charge is 0.237 e. The van der Waals surface area contributed by atoms with Crippen molar-refractivity contribution in [2.45, 2.75) is 64.5 Å². The highest BCUT2D eigenvalue weighted by molar-refractivity contribution is 5.79. The number of amides is 1. The van der Waals surface area contributed by atoms with E-state index >= 15 is 0 Å². The van der Waals surface area contributed by atoms with Crippen LogP contribution in [-0.2, 0) is 4.79 Å². The molecule has 1 amide bonds. The van der Waals surface area contributed by atoms with Crippen molar-refractivity contribution in [3.8, 4) is 0 Å². The van der Waals surface area contributed by atoms with Gasteiger partial charge in [-0.25, -0.2) is 0 Å². The Hall–Kier alpha value is -0.570. The lowest BCUT2D eigenvalue weighted by molar-refractivity contribution is -0.138. The van der Waals surface area contributed by atoms with E-state index in [1.807, 2.05) is 0 Å². The van der Waals surface area contributed by atoms with Crippen LogP contribution in [0.3, 0.4) is 0 Å². The summed E-state index contributed by atoms with van der Waals surface area (Å²) in [6, 6.07) is 0.882. The van der Waals surface area contributed by atoms with Gasteiger partial charge in [-0.1, -0.05) is 6.42 Å². The summed E-state index contributed by atoms with van der Waals surface area (Å²) in [4.78, 5) is 16.8. The molecule has 2 rings (SSSR count). The topological polar surface area (TPSA) is 23.6 Å². The van der Waals surface area contributed by atoms with Crippen molar-refractivity contribution in [3.63, 3.8) is 0 Å². The van der Waals surface area contributed by atoms with E-state index in [9.17, 15) is 4.79 Å². The Morgan fingerprint density at radius 1 is 1.00 bits per heavy atom. The highest BCUT2D eigenvalue weighted by Gasteiger charge is 2.29. The van der Waals surface area contributed by atoms with Gasteiger partial charge in [0.1, 0.15) is 0 Å². The maximum atomic E-state index is 12.4. The molecule has 3 nitrogen and oxygen atoms in total. The second kappa shape index (κ2) is 5.85. The van der Waals surface area contributed by atoms with Gasteiger partial charge < -0.3 is 4.90 Å². The van der Waals surface area contributed by atoms with Crippen LogP contribution in [0.1, 0.15) is 52.4 Å². The summed E-state index contributed by atoms with van der Waals surface area (Å²) in [6.07, 6.45) is 7.49. The second-order valence-electron chi connectivity index (χ2n) is 5.77. The van der Waals surface area contributed by atoms with Gasteiger partial charge >= 0.3 is 0 Å². The summed E-state index contributed by atoms with van der Waals surface area (Å²) in [5, 5.41) is 0. The van der Waals surface area contributed by atoms with Crippen molar-refractivity contribution in [1.29, 1.82) is 0 Å². The fraction of sp³-hybridized carbons (Fsp3) is 0.929. The van der Waals surface area contributed by atoms with Crippen LogP contribution in [-0.4, -0.2) is 47.4 Å². The van der Waals surface area contributed by atoms with E-state index in [4.69, 9.17) is 0 Å². The number of hydrogen-bond acceptors (Lipinski definition) is 2. The minimum Gasteiger partial charge on any atom is -0.336 e. The fourth-order valence-electron chi connectivity index (χ4n) is 3.30. The maximum absolute atomic E-state index is 12.4. The molecule has 0 N–H and O–H groups in total. The molecule has 0 aliphatic carbocycles. The highest BCUT2D eigenvalue weighted by atomic mass is 16.2. The Morgan fingerprint density at radius 3 is 2.18 bits per heavy atom. The Balaban J connectivity index is 1.88. The molecule has 0 aromatic rings. The molecular formula is C14H26N2O. The first-order chi connectivity index (χ1) is 8.18. The number of rotatable bonds is 2. The molecule has 0 radical (unpaired) electrons. The fourth-order valence-corrected chi connectivity index (χ4v) is 3.30. The molecule has 0 bridgehead atoms. The third kappa shape index (κ3) is 3.21. The standard InChI is InChI=1S/C14H26N2O/c1-12-7-6-8-13(2)16(12)14(17)11-15-9-4-3-5-10-15/h12-13H,3-11H2,1-2H3/t12-,13-/m1/s1. The summed E-state index contributed by atoms with van der Waals surface area (Å²) in [5.41, 5.74) is 0. The molecule has 2 heterocycles. The second-order valence-corrected chi connectivity index (χ2v) is 5.77. The summed E-state index contributed by atoms with van der Waals surface area (Å²) in [7, 11) is 0. The van der Waals surface area contributed by atoms with Crippen molar-refractivity contribution in [3.05, 3.63) is 0 Å². The van der Waals surface area contributed by atoms with E-state index in [1.165, 1.54) is 38.5 Å². The minimum absolute atomic E-state index is 0.353. The van der Waals surface area contributed by atoms with Crippen LogP contribution in [0.2, 0.25) is 0 Å². The van der Waals surface area contributed by atoms with Crippen molar-refractivity contribution in [2.75, 3.05) is 19.6 Å². The van der Waals surface area contributed by atoms with Gasteiger partial charge in [0.2, 0.25) is 5.91 Å². The first-order valence-electron chi connectivity index (χ1n) is 7.22. The molecule has 0 aromatic heterocycles. The van der Waals surface area contributed by atoms with Gasteiger partial charge in [0.05, 0.1) is 6.54 Å². The van der Waals surface area contributed by atoms with Gasteiger partial charge in [0.25, 0.3) is 0 Å². The number of carbonyl (C=O) groups is 1. The van der Waals surface area contributed by atoms with Gasteiger partial charge in [0, 0.05) is 12.1 Å². The zero-order chi connectivity index (χ0) is 12.3. The third-order valence-electron chi connectivity index (χ3n) is 4.29. The van der Waals surface area contributed by atoms with Crippen molar-refractivity contribution in [2.24, 2.45) is 0 Å². The van der Waals surface area contributed by atoms with E-state index in [0.29, 0.717) is 24.5 Å². The number of hydrogen-bond donors (Lipinski definition) is 0. The maximum Gasteiger partial charge on any atom is 0.237 e. The Bertz CT molecular complexity index is 251. The minimum atomic E-state index is 0.353. The van der Waals surface area contributed by atoms with Crippen molar-refractivity contribution < 1.29 is 4.79 Å². The molecule has 2 aliphatic heterocycles. The molecule has 0 saturated carbocycles. The zero-order valence-corrected chi connectivity index (χ0v) is 11.3. The average molecular weight is 238 g/mol. The molecule has 2 saturated heterocycles. The van der Waals surface area contributed by atoms with Gasteiger partial charge in [-0.15, -0.1) is 0 Å². The quantitative estimate of drug-likeness (QED) is 0.737. The lowest BCUT2D eigenvalue weighted by atomic mass is 9.97. The first-order valence-corrected chi connectivity index (χ1v) is 7.22. The number of piperidine rings is 2. The third-order valence-corrected chi connectivity index (χ3v) is 4.29. The number of nitrogens with zero attached hydrogens (tertiary/aromatic N) is 2. The van der Waals surface area contributed by atoms with Gasteiger partial charge in [-0.05, 0) is 59.0 Å². The SMILES string of the molecule is C[C@@H]1CCC[C@@H](C)N1C(=O)CN1CCCCC1. The number of likely N-dealkylation sites (tertiary alicyclic amines) is 2. The Morgan fingerprint density at radius 2 is 1.59 bits per heavy atom. The van der Waals surface area contributed by atoms with Crippen LogP contribution in [0.15, 0.2) is 0 Å². The molecular weight excluding hydrogens is 212 g/mol. The van der Waals surface area contributed by atoms with Gasteiger partial charge in [-0.2, -0.15) is 0 Å². The zero-order valence-electron chi connectivity index (χ0n) is 11.3. The largest absolute Gasteiger partial charge is 0.336 e. The van der Waals surface area contributed by atoms with Crippen molar-refractivity contribution >= 4 is 5.91 Å². The molecule has 0 aromatic carbocycles. The highest BCUT2D eigenvalue weighted by Crippen LogP contribution is 2.23. The summed E-state index contributed by atoms with van der Waals surface area (Å²) >= 11 is 0. The molecule has 0 unspecified atom stereocenters. The summed E-state index contributed by atoms with van der Waals surface area (Å²) < 4.78 is 0. The van der Waals surface area contributed by atoms with E-state index < -0.39 is 0 Å². The van der Waals surface area contributed by atoms with Crippen LogP contribution < -0.4 is 0 Å². The van der Waals surface area contributed by atoms with Crippen LogP contribution in [0.25, 0.3) is 0 Å². The molecule has 2 aliphatic rings. The first kappa shape index (κ1) is 12.9. The van der Waals surface area contributed by atoms with E-state index in [2.05, 4.69) is 23.6 Å². The average Bonchev–Trinajstić information content (AvgIpc) is 2.30. The van der Waals surface area contributed by atoms with E-state index in [0.717, 1.165) is 13.1 Å². The molecule has 2 fully saturated rings. The lowest BCUT2D eigenvalue weighted by Crippen LogP contribution is -2.51. The molecule has 2 atom stereocenters. The van der Waals surface area contributed by atoms with Crippen molar-refractivity contribution in [1.82, 2.24) is 9.80 Å². The van der Waals surface area contributed by atoms with Gasteiger partial charge in [-0.3, -0.25) is 9.69 Å². The lowest BCUT2D eigenvalue weighted by Gasteiger charge is -2.40. The number of carbonyl (C=O) groups excluding carboxylic acids is 1. The molecule has 98 valence electrons. The van der Waals surface area contributed by atoms with Crippen LogP contribution in [0, 0.1) is 0 Å². The van der Waals surface area contributed by atoms with E-state index in [-0.39, 0.29) is 0 Å². The molecule has 3 heteroatoms. The summed E-state index contributed by atoms with van der Waals surface area (Å²) in [5.74, 6) is 0.353. The predicted molar refractivity (Wildman–Crippen MR) is 69.9 cm³/mol.